The monoisotopic (exact) mass is 292 g/mol. The van der Waals surface area contributed by atoms with Crippen LogP contribution in [-0.4, -0.2) is 37.0 Å². The number of sulfonamides is 1. The second kappa shape index (κ2) is 5.03. The Hall–Kier alpha value is -1.25. The number of benzene rings is 1. The topological polar surface area (TPSA) is 83.6 Å². The van der Waals surface area contributed by atoms with E-state index in [4.69, 9.17) is 10.8 Å². The minimum absolute atomic E-state index is 0.121. The molecule has 1 aliphatic carbocycles. The fourth-order valence-corrected chi connectivity index (χ4v) is 3.59. The second-order valence-electron chi connectivity index (χ2n) is 4.34. The first-order chi connectivity index (χ1) is 8.89. The molecule has 19 heavy (non-hydrogen) atoms. The number of halogens is 2. The molecule has 1 aliphatic rings. The Kier molecular flexibility index (Phi) is 3.75. The summed E-state index contributed by atoms with van der Waals surface area (Å²) in [6.07, 6.45) is 1.33. The molecule has 0 aromatic heterocycles. The van der Waals surface area contributed by atoms with Crippen LogP contribution in [0.5, 0.6) is 0 Å². The lowest BCUT2D eigenvalue weighted by atomic mass is 10.3. The van der Waals surface area contributed by atoms with E-state index in [1.54, 1.807) is 0 Å². The second-order valence-corrected chi connectivity index (χ2v) is 6.20. The Morgan fingerprint density at radius 3 is 2.53 bits per heavy atom. The van der Waals surface area contributed by atoms with Gasteiger partial charge >= 0.3 is 0 Å². The number of hydrogen-bond donors (Lipinski definition) is 2. The van der Waals surface area contributed by atoms with Gasteiger partial charge in [0.05, 0.1) is 6.61 Å². The van der Waals surface area contributed by atoms with E-state index in [1.165, 1.54) is 0 Å². The zero-order chi connectivity index (χ0) is 14.2. The quantitative estimate of drug-likeness (QED) is 0.782. The fourth-order valence-electron chi connectivity index (χ4n) is 1.83. The van der Waals surface area contributed by atoms with Gasteiger partial charge in [-0.05, 0) is 25.0 Å². The summed E-state index contributed by atoms with van der Waals surface area (Å²) < 4.78 is 52.5. The Balaban J connectivity index is 2.46. The van der Waals surface area contributed by atoms with Gasteiger partial charge in [0.2, 0.25) is 10.0 Å². The van der Waals surface area contributed by atoms with Crippen LogP contribution in [0.25, 0.3) is 0 Å². The number of aliphatic hydroxyl groups is 1. The lowest BCUT2D eigenvalue weighted by molar-refractivity contribution is 0.250. The molecule has 3 N–H and O–H groups in total. The van der Waals surface area contributed by atoms with Crippen molar-refractivity contribution in [1.29, 1.82) is 0 Å². The summed E-state index contributed by atoms with van der Waals surface area (Å²) in [4.78, 5) is -0.660. The summed E-state index contributed by atoms with van der Waals surface area (Å²) >= 11 is 0. The van der Waals surface area contributed by atoms with Crippen LogP contribution in [0.1, 0.15) is 12.8 Å². The summed E-state index contributed by atoms with van der Waals surface area (Å²) in [6, 6.07) is 1.43. The Morgan fingerprint density at radius 1 is 1.37 bits per heavy atom. The first-order valence-electron chi connectivity index (χ1n) is 5.75. The number of nitrogen functional groups attached to an aromatic ring is 1. The summed E-state index contributed by atoms with van der Waals surface area (Å²) in [5, 5.41) is 8.91. The molecule has 0 atom stereocenters. The van der Waals surface area contributed by atoms with Gasteiger partial charge in [0, 0.05) is 12.6 Å². The van der Waals surface area contributed by atoms with E-state index >= 15 is 0 Å². The molecule has 0 unspecified atom stereocenters. The summed E-state index contributed by atoms with van der Waals surface area (Å²) in [7, 11) is -4.12. The summed E-state index contributed by atoms with van der Waals surface area (Å²) in [5.41, 5.74) is 4.34. The van der Waals surface area contributed by atoms with E-state index in [9.17, 15) is 17.2 Å². The number of nitrogens with two attached hydrogens (primary N) is 1. The SMILES string of the molecule is Nc1c(F)ccc(S(=O)(=O)N(CCO)C2CC2)c1F. The molecular weight excluding hydrogens is 278 g/mol. The highest BCUT2D eigenvalue weighted by atomic mass is 32.2. The van der Waals surface area contributed by atoms with Gasteiger partial charge in [-0.25, -0.2) is 17.2 Å². The molecule has 0 saturated heterocycles. The van der Waals surface area contributed by atoms with Gasteiger partial charge in [-0.1, -0.05) is 0 Å². The first-order valence-corrected chi connectivity index (χ1v) is 7.19. The van der Waals surface area contributed by atoms with Gasteiger partial charge in [0.1, 0.15) is 16.4 Å². The van der Waals surface area contributed by atoms with Crippen molar-refractivity contribution >= 4 is 15.7 Å². The molecule has 0 bridgehead atoms. The zero-order valence-electron chi connectivity index (χ0n) is 10.0. The molecule has 1 aromatic rings. The number of nitrogens with zero attached hydrogens (tertiary/aromatic N) is 1. The van der Waals surface area contributed by atoms with Crippen LogP contribution in [0, 0.1) is 11.6 Å². The third-order valence-corrected chi connectivity index (χ3v) is 4.92. The molecule has 1 saturated carbocycles. The summed E-state index contributed by atoms with van der Waals surface area (Å²) in [5.74, 6) is -2.29. The lowest BCUT2D eigenvalue weighted by Crippen LogP contribution is -2.36. The fraction of sp³-hybridized carbons (Fsp3) is 0.455. The number of hydrogen-bond acceptors (Lipinski definition) is 4. The minimum atomic E-state index is -4.12. The zero-order valence-corrected chi connectivity index (χ0v) is 10.8. The molecule has 5 nitrogen and oxygen atoms in total. The average Bonchev–Trinajstić information content (AvgIpc) is 3.16. The molecule has 1 fully saturated rings. The van der Waals surface area contributed by atoms with Gasteiger partial charge < -0.3 is 10.8 Å². The van der Waals surface area contributed by atoms with Crippen LogP contribution in [0.3, 0.4) is 0 Å². The maximum atomic E-state index is 13.8. The molecule has 106 valence electrons. The maximum absolute atomic E-state index is 13.8. The molecule has 1 aromatic carbocycles. The lowest BCUT2D eigenvalue weighted by Gasteiger charge is -2.21. The normalized spacial score (nSPS) is 16.0. The van der Waals surface area contributed by atoms with Crippen LogP contribution in [0.2, 0.25) is 0 Å². The van der Waals surface area contributed by atoms with Crippen molar-refractivity contribution in [2.45, 2.75) is 23.8 Å². The van der Waals surface area contributed by atoms with E-state index in [0.29, 0.717) is 12.8 Å². The molecule has 0 amide bonds. The first kappa shape index (κ1) is 14.2. The highest BCUT2D eigenvalue weighted by Crippen LogP contribution is 2.33. The van der Waals surface area contributed by atoms with E-state index in [-0.39, 0.29) is 19.2 Å². The Bertz CT molecular complexity index is 588. The number of aliphatic hydroxyl groups excluding tert-OH is 1. The molecule has 0 aliphatic heterocycles. The van der Waals surface area contributed by atoms with Crippen molar-refractivity contribution in [2.75, 3.05) is 18.9 Å². The van der Waals surface area contributed by atoms with Gasteiger partial charge in [-0.3, -0.25) is 0 Å². The predicted octanol–water partition coefficient (Wildman–Crippen LogP) is 0.692. The molecular formula is C11H14F2N2O3S. The van der Waals surface area contributed by atoms with E-state index in [0.717, 1.165) is 16.4 Å². The number of rotatable bonds is 5. The van der Waals surface area contributed by atoms with Crippen molar-refractivity contribution in [2.24, 2.45) is 0 Å². The predicted molar refractivity (Wildman–Crippen MR) is 64.8 cm³/mol. The van der Waals surface area contributed by atoms with Crippen LogP contribution in [0.15, 0.2) is 17.0 Å². The Morgan fingerprint density at radius 2 is 2.00 bits per heavy atom. The standard InChI is InChI=1S/C11H14F2N2O3S/c12-8-3-4-9(10(13)11(8)14)19(17,18)15(5-6-16)7-1-2-7/h3-4,7,16H,1-2,5-6,14H2. The highest BCUT2D eigenvalue weighted by molar-refractivity contribution is 7.89. The third kappa shape index (κ3) is 2.56. The van der Waals surface area contributed by atoms with Crippen molar-refractivity contribution in [1.82, 2.24) is 4.31 Å². The van der Waals surface area contributed by atoms with E-state index in [2.05, 4.69) is 0 Å². The van der Waals surface area contributed by atoms with Gasteiger partial charge in [-0.15, -0.1) is 0 Å². The summed E-state index contributed by atoms with van der Waals surface area (Å²) in [6.45, 7) is -0.488. The average molecular weight is 292 g/mol. The molecule has 0 spiro atoms. The molecule has 0 heterocycles. The van der Waals surface area contributed by atoms with Gasteiger partial charge in [-0.2, -0.15) is 4.31 Å². The number of anilines is 1. The smallest absolute Gasteiger partial charge is 0.246 e. The largest absolute Gasteiger partial charge is 0.395 e. The highest BCUT2D eigenvalue weighted by Gasteiger charge is 2.39. The minimum Gasteiger partial charge on any atom is -0.395 e. The maximum Gasteiger partial charge on any atom is 0.246 e. The van der Waals surface area contributed by atoms with E-state index < -0.39 is 32.2 Å². The van der Waals surface area contributed by atoms with Crippen LogP contribution in [0.4, 0.5) is 14.5 Å². The third-order valence-electron chi connectivity index (χ3n) is 2.95. The van der Waals surface area contributed by atoms with Crippen LogP contribution < -0.4 is 5.73 Å². The van der Waals surface area contributed by atoms with Gasteiger partial charge in [0.15, 0.2) is 5.82 Å². The van der Waals surface area contributed by atoms with Crippen molar-refractivity contribution in [3.63, 3.8) is 0 Å². The Labute approximate surface area is 109 Å². The van der Waals surface area contributed by atoms with Crippen molar-refractivity contribution in [3.8, 4) is 0 Å². The van der Waals surface area contributed by atoms with Crippen molar-refractivity contribution < 1.29 is 22.3 Å². The van der Waals surface area contributed by atoms with Crippen LogP contribution in [-0.2, 0) is 10.0 Å². The molecule has 8 heteroatoms. The van der Waals surface area contributed by atoms with Gasteiger partial charge in [0.25, 0.3) is 0 Å². The van der Waals surface area contributed by atoms with E-state index in [1.807, 2.05) is 0 Å². The van der Waals surface area contributed by atoms with Crippen molar-refractivity contribution in [3.05, 3.63) is 23.8 Å². The van der Waals surface area contributed by atoms with Crippen LogP contribution >= 0.6 is 0 Å². The molecule has 2 rings (SSSR count). The molecule has 0 radical (unpaired) electrons.